The smallest absolute Gasteiger partial charge is 0.191 e. The van der Waals surface area contributed by atoms with Gasteiger partial charge in [0, 0.05) is 37.9 Å². The Morgan fingerprint density at radius 3 is 2.60 bits per heavy atom. The van der Waals surface area contributed by atoms with Gasteiger partial charge < -0.3 is 20.1 Å². The van der Waals surface area contributed by atoms with E-state index in [0.29, 0.717) is 12.6 Å². The van der Waals surface area contributed by atoms with Crippen molar-refractivity contribution in [2.24, 2.45) is 4.99 Å². The van der Waals surface area contributed by atoms with E-state index in [9.17, 15) is 0 Å². The molecule has 6 nitrogen and oxygen atoms in total. The molecule has 1 aromatic rings. The van der Waals surface area contributed by atoms with Gasteiger partial charge in [0.15, 0.2) is 5.96 Å². The molecule has 2 N–H and O–H groups in total. The summed E-state index contributed by atoms with van der Waals surface area (Å²) >= 11 is 6.51. The van der Waals surface area contributed by atoms with Crippen LogP contribution in [0.3, 0.4) is 0 Å². The fraction of sp³-hybridized carbons (Fsp3) is 0.696. The zero-order valence-corrected chi connectivity index (χ0v) is 19.6. The number of hydrogen-bond donors (Lipinski definition) is 2. The van der Waals surface area contributed by atoms with Gasteiger partial charge in [0.2, 0.25) is 0 Å². The molecule has 0 amide bonds. The minimum Gasteiger partial charge on any atom is -0.381 e. The Morgan fingerprint density at radius 1 is 1.20 bits per heavy atom. The fourth-order valence-corrected chi connectivity index (χ4v) is 3.97. The third-order valence-corrected chi connectivity index (χ3v) is 5.76. The summed E-state index contributed by atoms with van der Waals surface area (Å²) in [5.74, 6) is 0.841. The van der Waals surface area contributed by atoms with Crippen LogP contribution in [0.1, 0.15) is 51.6 Å². The molecule has 30 heavy (non-hydrogen) atoms. The molecule has 7 heteroatoms. The molecule has 1 atom stereocenters. The SMILES string of the molecule is CCNC(=NCC(c1ccccc1Cl)N(CC)CC)NCCCOC1CCOCC1. The molecule has 1 fully saturated rings. The van der Waals surface area contributed by atoms with Crippen molar-refractivity contribution in [1.29, 1.82) is 0 Å². The third kappa shape index (κ3) is 8.42. The van der Waals surface area contributed by atoms with E-state index in [1.807, 2.05) is 18.2 Å². The van der Waals surface area contributed by atoms with E-state index < -0.39 is 0 Å². The van der Waals surface area contributed by atoms with Crippen LogP contribution in [0.5, 0.6) is 0 Å². The Labute approximate surface area is 187 Å². The highest BCUT2D eigenvalue weighted by Crippen LogP contribution is 2.27. The van der Waals surface area contributed by atoms with E-state index in [2.05, 4.69) is 42.4 Å². The molecule has 1 heterocycles. The number of guanidine groups is 1. The average molecular weight is 439 g/mol. The van der Waals surface area contributed by atoms with Crippen molar-refractivity contribution in [3.8, 4) is 0 Å². The van der Waals surface area contributed by atoms with Gasteiger partial charge in [-0.25, -0.2) is 0 Å². The standard InChI is InChI=1S/C23H39ClN4O2/c1-4-25-23(26-14-9-15-30-19-12-16-29-17-13-19)27-18-22(28(5-2)6-3)20-10-7-8-11-21(20)24/h7-8,10-11,19,22H,4-6,9,12-18H2,1-3H3,(H2,25,26,27). The van der Waals surface area contributed by atoms with E-state index in [1.54, 1.807) is 0 Å². The van der Waals surface area contributed by atoms with Crippen molar-refractivity contribution >= 4 is 17.6 Å². The molecule has 0 aliphatic carbocycles. The lowest BCUT2D eigenvalue weighted by atomic mass is 10.1. The first-order valence-corrected chi connectivity index (χ1v) is 11.8. The molecular formula is C23H39ClN4O2. The Balaban J connectivity index is 1.90. The van der Waals surface area contributed by atoms with Crippen LogP contribution in [0.4, 0.5) is 0 Å². The molecule has 0 radical (unpaired) electrons. The van der Waals surface area contributed by atoms with Crippen LogP contribution in [0.15, 0.2) is 29.3 Å². The number of nitrogens with one attached hydrogen (secondary N) is 2. The van der Waals surface area contributed by atoms with Crippen LogP contribution < -0.4 is 10.6 Å². The average Bonchev–Trinajstić information content (AvgIpc) is 2.77. The first kappa shape index (κ1) is 24.9. The zero-order valence-electron chi connectivity index (χ0n) is 18.8. The topological polar surface area (TPSA) is 58.1 Å². The van der Waals surface area contributed by atoms with Crippen LogP contribution in [0.2, 0.25) is 5.02 Å². The summed E-state index contributed by atoms with van der Waals surface area (Å²) in [6, 6.07) is 8.24. The molecule has 0 spiro atoms. The van der Waals surface area contributed by atoms with Gasteiger partial charge in [0.05, 0.1) is 18.7 Å². The molecule has 0 bridgehead atoms. The van der Waals surface area contributed by atoms with Crippen molar-refractivity contribution in [3.63, 3.8) is 0 Å². The van der Waals surface area contributed by atoms with E-state index in [1.165, 1.54) is 0 Å². The van der Waals surface area contributed by atoms with Gasteiger partial charge in [-0.1, -0.05) is 43.6 Å². The molecule has 0 saturated carbocycles. The van der Waals surface area contributed by atoms with Gasteiger partial charge in [-0.2, -0.15) is 0 Å². The second-order valence-electron chi connectivity index (χ2n) is 7.44. The number of rotatable bonds is 12. The summed E-state index contributed by atoms with van der Waals surface area (Å²) in [5.41, 5.74) is 1.13. The molecule has 170 valence electrons. The van der Waals surface area contributed by atoms with Gasteiger partial charge in [0.25, 0.3) is 0 Å². The zero-order chi connectivity index (χ0) is 21.6. The number of hydrogen-bond acceptors (Lipinski definition) is 4. The normalized spacial score (nSPS) is 16.6. The Hall–Kier alpha value is -1.34. The Bertz CT molecular complexity index is 619. The molecule has 1 aliphatic rings. The minimum atomic E-state index is 0.154. The van der Waals surface area contributed by atoms with Gasteiger partial charge in [-0.3, -0.25) is 9.89 Å². The van der Waals surface area contributed by atoms with Crippen LogP contribution in [-0.4, -0.2) is 69.5 Å². The predicted octanol–water partition coefficient (Wildman–Crippen LogP) is 3.86. The van der Waals surface area contributed by atoms with E-state index in [4.69, 9.17) is 26.1 Å². The maximum Gasteiger partial charge on any atom is 0.191 e. The molecule has 0 aromatic heterocycles. The largest absolute Gasteiger partial charge is 0.381 e. The van der Waals surface area contributed by atoms with Crippen molar-refractivity contribution in [1.82, 2.24) is 15.5 Å². The molecule has 1 aliphatic heterocycles. The van der Waals surface area contributed by atoms with Crippen molar-refractivity contribution in [2.45, 2.75) is 52.2 Å². The second kappa shape index (κ2) is 14.6. The van der Waals surface area contributed by atoms with Crippen molar-refractivity contribution in [3.05, 3.63) is 34.9 Å². The molecule has 2 rings (SSSR count). The molecule has 1 aromatic carbocycles. The number of ether oxygens (including phenoxy) is 2. The molecular weight excluding hydrogens is 400 g/mol. The van der Waals surface area contributed by atoms with Gasteiger partial charge in [0.1, 0.15) is 0 Å². The summed E-state index contributed by atoms with van der Waals surface area (Å²) in [5, 5.41) is 7.59. The lowest BCUT2D eigenvalue weighted by Gasteiger charge is -2.29. The number of aliphatic imine (C=N–C) groups is 1. The first-order valence-electron chi connectivity index (χ1n) is 11.4. The van der Waals surface area contributed by atoms with Crippen molar-refractivity contribution < 1.29 is 9.47 Å². The monoisotopic (exact) mass is 438 g/mol. The predicted molar refractivity (Wildman–Crippen MR) is 126 cm³/mol. The molecule has 1 unspecified atom stereocenters. The fourth-order valence-electron chi connectivity index (χ4n) is 3.71. The highest BCUT2D eigenvalue weighted by atomic mass is 35.5. The Kier molecular flexibility index (Phi) is 12.2. The van der Waals surface area contributed by atoms with E-state index in [0.717, 1.165) is 81.8 Å². The van der Waals surface area contributed by atoms with Crippen LogP contribution in [0, 0.1) is 0 Å². The summed E-state index contributed by atoms with van der Waals surface area (Å²) < 4.78 is 11.3. The van der Waals surface area contributed by atoms with Gasteiger partial charge in [-0.05, 0) is 50.9 Å². The third-order valence-electron chi connectivity index (χ3n) is 5.42. The summed E-state index contributed by atoms with van der Waals surface area (Å²) in [4.78, 5) is 7.27. The quantitative estimate of drug-likeness (QED) is 0.295. The first-order chi connectivity index (χ1) is 14.7. The van der Waals surface area contributed by atoms with E-state index in [-0.39, 0.29) is 6.04 Å². The maximum atomic E-state index is 6.51. The number of nitrogens with zero attached hydrogens (tertiary/aromatic N) is 2. The number of halogens is 1. The van der Waals surface area contributed by atoms with Crippen LogP contribution in [-0.2, 0) is 9.47 Å². The van der Waals surface area contributed by atoms with Crippen molar-refractivity contribution in [2.75, 3.05) is 52.5 Å². The summed E-state index contributed by atoms with van der Waals surface area (Å²) in [6.07, 6.45) is 3.32. The molecule has 1 saturated heterocycles. The summed E-state index contributed by atoms with van der Waals surface area (Å²) in [6.45, 7) is 13.1. The highest BCUT2D eigenvalue weighted by Gasteiger charge is 2.20. The highest BCUT2D eigenvalue weighted by molar-refractivity contribution is 6.31. The summed E-state index contributed by atoms with van der Waals surface area (Å²) in [7, 11) is 0. The van der Waals surface area contributed by atoms with E-state index >= 15 is 0 Å². The minimum absolute atomic E-state index is 0.154. The second-order valence-corrected chi connectivity index (χ2v) is 7.85. The number of benzene rings is 1. The van der Waals surface area contributed by atoms with Gasteiger partial charge >= 0.3 is 0 Å². The lowest BCUT2D eigenvalue weighted by Crippen LogP contribution is -2.39. The van der Waals surface area contributed by atoms with Crippen LogP contribution in [0.25, 0.3) is 0 Å². The lowest BCUT2D eigenvalue weighted by molar-refractivity contribution is -0.0320. The van der Waals surface area contributed by atoms with Gasteiger partial charge in [-0.15, -0.1) is 0 Å². The maximum absolute atomic E-state index is 6.51. The Morgan fingerprint density at radius 2 is 1.93 bits per heavy atom. The number of likely N-dealkylation sites (N-methyl/N-ethyl adjacent to an activating group) is 1. The van der Waals surface area contributed by atoms with Crippen LogP contribution >= 0.6 is 11.6 Å².